The van der Waals surface area contributed by atoms with E-state index in [1.165, 1.54) is 4.90 Å². The number of piperazine rings is 1. The number of ether oxygens (including phenoxy) is 2. The number of carbonyl (C=O) groups excluding carboxylic acids is 2. The summed E-state index contributed by atoms with van der Waals surface area (Å²) in [4.78, 5) is 32.6. The van der Waals surface area contributed by atoms with Gasteiger partial charge in [-0.1, -0.05) is 12.1 Å². The topological polar surface area (TPSA) is 62.3 Å². The van der Waals surface area contributed by atoms with Crippen LogP contribution in [0.5, 0.6) is 11.5 Å². The first-order chi connectivity index (χ1) is 15.0. The molecule has 7 heteroatoms. The van der Waals surface area contributed by atoms with E-state index in [1.807, 2.05) is 36.1 Å². The molecule has 2 aromatic rings. The maximum absolute atomic E-state index is 13.5. The van der Waals surface area contributed by atoms with Gasteiger partial charge in [0.15, 0.2) is 0 Å². The van der Waals surface area contributed by atoms with Crippen molar-refractivity contribution in [2.75, 3.05) is 51.8 Å². The number of imide groups is 1. The number of methoxy groups -OCH3 is 1. The Morgan fingerprint density at radius 1 is 0.839 bits per heavy atom. The molecule has 1 saturated heterocycles. The number of carbonyl (C=O) groups is 2. The second kappa shape index (κ2) is 8.81. The molecule has 0 bridgehead atoms. The molecule has 0 radical (unpaired) electrons. The van der Waals surface area contributed by atoms with Gasteiger partial charge in [-0.05, 0) is 55.9 Å². The minimum absolute atomic E-state index is 0.288. The lowest BCUT2D eigenvalue weighted by Crippen LogP contribution is -2.46. The van der Waals surface area contributed by atoms with E-state index < -0.39 is 0 Å². The smallest absolute Gasteiger partial charge is 0.282 e. The van der Waals surface area contributed by atoms with Crippen molar-refractivity contribution in [2.24, 2.45) is 0 Å². The van der Waals surface area contributed by atoms with E-state index in [0.29, 0.717) is 48.0 Å². The Hall–Kier alpha value is -3.32. The highest BCUT2D eigenvalue weighted by atomic mass is 16.5. The molecule has 1 fully saturated rings. The van der Waals surface area contributed by atoms with Crippen LogP contribution in [0.2, 0.25) is 0 Å². The summed E-state index contributed by atoms with van der Waals surface area (Å²) >= 11 is 0. The van der Waals surface area contributed by atoms with Crippen LogP contribution in [0.15, 0.2) is 54.2 Å². The summed E-state index contributed by atoms with van der Waals surface area (Å²) in [6.45, 7) is 5.56. The first-order valence-electron chi connectivity index (χ1n) is 10.5. The highest BCUT2D eigenvalue weighted by Crippen LogP contribution is 2.36. The van der Waals surface area contributed by atoms with Crippen LogP contribution in [0.25, 0.3) is 5.57 Å². The molecule has 162 valence electrons. The van der Waals surface area contributed by atoms with Gasteiger partial charge in [-0.25, -0.2) is 4.90 Å². The van der Waals surface area contributed by atoms with Gasteiger partial charge in [0, 0.05) is 26.2 Å². The van der Waals surface area contributed by atoms with Gasteiger partial charge in [-0.15, -0.1) is 0 Å². The maximum Gasteiger partial charge on any atom is 0.282 e. The van der Waals surface area contributed by atoms with Crippen molar-refractivity contribution in [1.82, 2.24) is 9.80 Å². The van der Waals surface area contributed by atoms with Crippen molar-refractivity contribution in [3.63, 3.8) is 0 Å². The molecule has 0 spiro atoms. The summed E-state index contributed by atoms with van der Waals surface area (Å²) < 4.78 is 10.7. The SMILES string of the molecule is CCOc1ccc(C2=C(N3CCN(C)CC3)C(=O)N(c3ccc(OC)cc3)C2=O)cc1. The normalized spacial score (nSPS) is 17.5. The maximum atomic E-state index is 13.5. The second-order valence-electron chi connectivity index (χ2n) is 7.62. The lowest BCUT2D eigenvalue weighted by molar-refractivity contribution is -0.120. The number of likely N-dealkylation sites (N-methyl/N-ethyl adjacent to an activating group) is 1. The number of hydrogen-bond donors (Lipinski definition) is 0. The number of anilines is 1. The summed E-state index contributed by atoms with van der Waals surface area (Å²) in [6.07, 6.45) is 0. The van der Waals surface area contributed by atoms with Gasteiger partial charge in [0.1, 0.15) is 17.2 Å². The van der Waals surface area contributed by atoms with Crippen LogP contribution in [-0.4, -0.2) is 68.6 Å². The van der Waals surface area contributed by atoms with Gasteiger partial charge in [0.25, 0.3) is 11.8 Å². The standard InChI is InChI=1S/C24H27N3O4/c1-4-31-20-9-5-17(6-10-20)21-22(26-15-13-25(2)14-16-26)24(29)27(23(21)28)18-7-11-19(30-3)12-8-18/h5-12H,4,13-16H2,1-3H3. The van der Waals surface area contributed by atoms with E-state index in [0.717, 1.165) is 18.8 Å². The van der Waals surface area contributed by atoms with Gasteiger partial charge >= 0.3 is 0 Å². The number of benzene rings is 2. The molecular weight excluding hydrogens is 394 g/mol. The van der Waals surface area contributed by atoms with Gasteiger partial charge in [0.2, 0.25) is 0 Å². The third kappa shape index (κ3) is 4.01. The first-order valence-corrected chi connectivity index (χ1v) is 10.5. The Morgan fingerprint density at radius 3 is 2.03 bits per heavy atom. The molecule has 0 unspecified atom stereocenters. The summed E-state index contributed by atoms with van der Waals surface area (Å²) in [5.74, 6) is 0.801. The predicted molar refractivity (Wildman–Crippen MR) is 119 cm³/mol. The van der Waals surface area contributed by atoms with Gasteiger partial charge in [-0.3, -0.25) is 9.59 Å². The van der Waals surface area contributed by atoms with Gasteiger partial charge < -0.3 is 19.3 Å². The molecule has 2 aliphatic rings. The van der Waals surface area contributed by atoms with Crippen LogP contribution in [0, 0.1) is 0 Å². The Kier molecular flexibility index (Phi) is 5.95. The van der Waals surface area contributed by atoms with Crippen molar-refractivity contribution in [3.05, 3.63) is 59.8 Å². The lowest BCUT2D eigenvalue weighted by atomic mass is 10.0. The van der Waals surface area contributed by atoms with E-state index in [-0.39, 0.29) is 11.8 Å². The zero-order valence-electron chi connectivity index (χ0n) is 18.1. The second-order valence-corrected chi connectivity index (χ2v) is 7.62. The quantitative estimate of drug-likeness (QED) is 0.669. The van der Waals surface area contributed by atoms with Crippen molar-refractivity contribution in [3.8, 4) is 11.5 Å². The van der Waals surface area contributed by atoms with Crippen molar-refractivity contribution in [1.29, 1.82) is 0 Å². The Morgan fingerprint density at radius 2 is 1.45 bits per heavy atom. The molecule has 2 amide bonds. The van der Waals surface area contributed by atoms with Crippen LogP contribution in [0.1, 0.15) is 12.5 Å². The van der Waals surface area contributed by atoms with E-state index in [2.05, 4.69) is 11.9 Å². The van der Waals surface area contributed by atoms with E-state index in [4.69, 9.17) is 9.47 Å². The predicted octanol–water partition coefficient (Wildman–Crippen LogP) is 2.63. The summed E-state index contributed by atoms with van der Waals surface area (Å²) in [5.41, 5.74) is 2.15. The lowest BCUT2D eigenvalue weighted by Gasteiger charge is -2.34. The van der Waals surface area contributed by atoms with Crippen LogP contribution in [-0.2, 0) is 9.59 Å². The number of hydrogen-bond acceptors (Lipinski definition) is 6. The fourth-order valence-electron chi connectivity index (χ4n) is 3.95. The molecule has 2 aromatic carbocycles. The Labute approximate surface area is 182 Å². The molecule has 2 heterocycles. The molecule has 2 aliphatic heterocycles. The number of rotatable bonds is 6. The zero-order chi connectivity index (χ0) is 22.0. The molecule has 4 rings (SSSR count). The third-order valence-corrected chi connectivity index (χ3v) is 5.66. The summed E-state index contributed by atoms with van der Waals surface area (Å²) in [7, 11) is 3.64. The molecule has 31 heavy (non-hydrogen) atoms. The highest BCUT2D eigenvalue weighted by molar-refractivity contribution is 6.45. The minimum Gasteiger partial charge on any atom is -0.497 e. The molecule has 0 saturated carbocycles. The van der Waals surface area contributed by atoms with Crippen LogP contribution in [0.4, 0.5) is 5.69 Å². The largest absolute Gasteiger partial charge is 0.497 e. The average molecular weight is 421 g/mol. The molecule has 0 aliphatic carbocycles. The molecule has 0 N–H and O–H groups in total. The van der Waals surface area contributed by atoms with Crippen molar-refractivity contribution >= 4 is 23.1 Å². The third-order valence-electron chi connectivity index (χ3n) is 5.66. The molecule has 7 nitrogen and oxygen atoms in total. The highest BCUT2D eigenvalue weighted by Gasteiger charge is 2.42. The van der Waals surface area contributed by atoms with E-state index in [1.54, 1.807) is 31.4 Å². The fourth-order valence-corrected chi connectivity index (χ4v) is 3.95. The Balaban J connectivity index is 1.75. The van der Waals surface area contributed by atoms with Crippen LogP contribution in [0.3, 0.4) is 0 Å². The minimum atomic E-state index is -0.312. The van der Waals surface area contributed by atoms with E-state index in [9.17, 15) is 9.59 Å². The first kappa shape index (κ1) is 20.9. The average Bonchev–Trinajstić information content (AvgIpc) is 3.05. The molecule has 0 aromatic heterocycles. The molecule has 0 atom stereocenters. The summed E-state index contributed by atoms with van der Waals surface area (Å²) in [6, 6.07) is 14.3. The van der Waals surface area contributed by atoms with Gasteiger partial charge in [-0.2, -0.15) is 0 Å². The van der Waals surface area contributed by atoms with Crippen molar-refractivity contribution < 1.29 is 19.1 Å². The Bertz CT molecular complexity index is 990. The van der Waals surface area contributed by atoms with Crippen molar-refractivity contribution in [2.45, 2.75) is 6.92 Å². The van der Waals surface area contributed by atoms with Crippen LogP contribution >= 0.6 is 0 Å². The van der Waals surface area contributed by atoms with Gasteiger partial charge in [0.05, 0.1) is 25.0 Å². The van der Waals surface area contributed by atoms with E-state index >= 15 is 0 Å². The number of amides is 2. The number of nitrogens with zero attached hydrogens (tertiary/aromatic N) is 3. The van der Waals surface area contributed by atoms with Crippen LogP contribution < -0.4 is 14.4 Å². The molecular formula is C24H27N3O4. The summed E-state index contributed by atoms with van der Waals surface area (Å²) in [5, 5.41) is 0. The zero-order valence-corrected chi connectivity index (χ0v) is 18.1. The fraction of sp³-hybridized carbons (Fsp3) is 0.333. The monoisotopic (exact) mass is 421 g/mol.